The summed E-state index contributed by atoms with van der Waals surface area (Å²) >= 11 is 0. The summed E-state index contributed by atoms with van der Waals surface area (Å²) in [5, 5.41) is 32.7. The summed E-state index contributed by atoms with van der Waals surface area (Å²) in [6, 6.07) is -0.789. The molecular weight excluding hydrogens is 634 g/mol. The van der Waals surface area contributed by atoms with Crippen LogP contribution in [0.2, 0.25) is 0 Å². The molecule has 0 radical (unpaired) electrons. The van der Waals surface area contributed by atoms with Crippen molar-refractivity contribution in [3.05, 3.63) is 36.0 Å². The molecular formula is C41H65NO8. The molecule has 0 aromatic heterocycles. The second-order valence-electron chi connectivity index (χ2n) is 16.3. The topological polar surface area (TPSA) is 134 Å². The fourth-order valence-electron chi connectivity index (χ4n) is 8.19. The number of nitrogens with zero attached hydrogens (tertiary/aromatic N) is 1. The van der Waals surface area contributed by atoms with Gasteiger partial charge in [-0.1, -0.05) is 58.1 Å². The van der Waals surface area contributed by atoms with Gasteiger partial charge in [0.1, 0.15) is 17.9 Å². The Morgan fingerprint density at radius 3 is 2.40 bits per heavy atom. The molecule has 3 heterocycles. The zero-order chi connectivity index (χ0) is 36.4. The molecule has 9 atom stereocenters. The van der Waals surface area contributed by atoms with Gasteiger partial charge in [-0.05, 0) is 107 Å². The second kappa shape index (κ2) is 19.0. The fraction of sp³-hybridized carbons (Fsp3) is 0.780. The van der Waals surface area contributed by atoms with Crippen LogP contribution in [0.15, 0.2) is 36.0 Å². The lowest BCUT2D eigenvalue weighted by atomic mass is 9.79. The van der Waals surface area contributed by atoms with Crippen LogP contribution in [-0.4, -0.2) is 80.7 Å². The number of piperidine rings is 1. The highest BCUT2D eigenvalue weighted by Crippen LogP contribution is 2.38. The Kier molecular flexibility index (Phi) is 15.3. The molecule has 2 saturated heterocycles. The normalized spacial score (nSPS) is 40.7. The number of allylic oxidation sites excluding steroid dienone is 5. The van der Waals surface area contributed by atoms with Gasteiger partial charge in [-0.2, -0.15) is 0 Å². The molecule has 9 nitrogen and oxygen atoms in total. The van der Waals surface area contributed by atoms with Crippen molar-refractivity contribution < 1.29 is 39.2 Å². The first kappa shape index (κ1) is 40.4. The Hall–Kier alpha value is -2.33. The van der Waals surface area contributed by atoms with Gasteiger partial charge in [0.15, 0.2) is 5.79 Å². The Morgan fingerprint density at radius 1 is 0.920 bits per heavy atom. The van der Waals surface area contributed by atoms with Crippen molar-refractivity contribution in [1.82, 2.24) is 4.90 Å². The number of hydrogen-bond donors (Lipinski definition) is 3. The van der Waals surface area contributed by atoms with Gasteiger partial charge in [-0.3, -0.25) is 9.59 Å². The maximum Gasteiger partial charge on any atom is 0.329 e. The number of esters is 1. The SMILES string of the molecule is C\C1=C/C=C/C=C/[C@@H](C)CC[C@@H](C)C(=O)CC([C@H](C)C[C@H]2CC[C@H](O)CC2)OC(=O)[C@@H]2CCCCN2C(=O)C[C@]2(O)O[C@@H](CC[C@H]2C)C[C@@H]1O. The number of ketones is 1. The van der Waals surface area contributed by atoms with Gasteiger partial charge in [-0.15, -0.1) is 0 Å². The number of fused-ring (bicyclic) bond motifs is 3. The molecule has 0 spiro atoms. The first-order chi connectivity index (χ1) is 23.8. The number of Topliss-reactive ketones (excluding diaryl/α,β-unsaturated/α-hetero) is 1. The average Bonchev–Trinajstić information content (AvgIpc) is 3.08. The summed E-state index contributed by atoms with van der Waals surface area (Å²) in [6.07, 6.45) is 17.0. The summed E-state index contributed by atoms with van der Waals surface area (Å²) in [5.74, 6) is -2.35. The van der Waals surface area contributed by atoms with E-state index in [1.54, 1.807) is 4.90 Å². The van der Waals surface area contributed by atoms with Gasteiger partial charge in [-0.25, -0.2) is 4.79 Å². The summed E-state index contributed by atoms with van der Waals surface area (Å²) in [6.45, 7) is 10.3. The van der Waals surface area contributed by atoms with Crippen LogP contribution in [0.25, 0.3) is 0 Å². The first-order valence-electron chi connectivity index (χ1n) is 19.6. The molecule has 1 aliphatic carbocycles. The van der Waals surface area contributed by atoms with Crippen LogP contribution in [0.1, 0.15) is 131 Å². The van der Waals surface area contributed by atoms with E-state index >= 15 is 0 Å². The van der Waals surface area contributed by atoms with E-state index in [0.717, 1.165) is 63.4 Å². The zero-order valence-electron chi connectivity index (χ0n) is 31.3. The minimum Gasteiger partial charge on any atom is -0.460 e. The van der Waals surface area contributed by atoms with Gasteiger partial charge in [0.25, 0.3) is 0 Å². The standard InChI is InChI=1S/C41H65NO8/c1-27-11-7-6-8-12-28(2)36(44)24-34-21-16-31(5)41(48,50-34)26-39(46)42-22-10-9-13-35(42)40(47)49-38(25-37(45)29(3)15-14-27)30(4)23-32-17-19-33(43)20-18-32/h6-8,11-12,27,29-36,38,43-44,48H,9-10,13-26H2,1-5H3/b8-6+,11-7+,28-12+/t27-,29-,30-,31-,32-,33-,34+,35+,36+,38?,41+/m1/s1. The number of carbonyl (C=O) groups is 3. The van der Waals surface area contributed by atoms with E-state index < -0.39 is 36.1 Å². The van der Waals surface area contributed by atoms with E-state index in [2.05, 4.69) is 19.9 Å². The number of ether oxygens (including phenoxy) is 2. The molecule has 2 bridgehead atoms. The summed E-state index contributed by atoms with van der Waals surface area (Å²) in [5.41, 5.74) is 0.783. The lowest BCUT2D eigenvalue weighted by molar-refractivity contribution is -0.283. The van der Waals surface area contributed by atoms with Crippen LogP contribution in [0.3, 0.4) is 0 Å². The van der Waals surface area contributed by atoms with Gasteiger partial charge in [0.05, 0.1) is 24.7 Å². The van der Waals surface area contributed by atoms with Crippen molar-refractivity contribution in [2.75, 3.05) is 6.54 Å². The molecule has 3 fully saturated rings. The van der Waals surface area contributed by atoms with Crippen LogP contribution < -0.4 is 0 Å². The van der Waals surface area contributed by atoms with Crippen molar-refractivity contribution in [3.63, 3.8) is 0 Å². The minimum atomic E-state index is -1.72. The predicted molar refractivity (Wildman–Crippen MR) is 194 cm³/mol. The Labute approximate surface area is 300 Å². The quantitative estimate of drug-likeness (QED) is 0.281. The van der Waals surface area contributed by atoms with E-state index in [0.29, 0.717) is 38.1 Å². The molecule has 9 heteroatoms. The third-order valence-electron chi connectivity index (χ3n) is 12.0. The van der Waals surface area contributed by atoms with E-state index in [-0.39, 0.29) is 54.3 Å². The third kappa shape index (κ3) is 11.6. The van der Waals surface area contributed by atoms with Crippen LogP contribution >= 0.6 is 0 Å². The maximum absolute atomic E-state index is 14.0. The first-order valence-corrected chi connectivity index (χ1v) is 19.6. The second-order valence-corrected chi connectivity index (χ2v) is 16.3. The molecule has 282 valence electrons. The highest BCUT2D eigenvalue weighted by atomic mass is 16.6. The Balaban J connectivity index is 1.58. The minimum absolute atomic E-state index is 0.0579. The molecule has 1 amide bonds. The molecule has 1 saturated carbocycles. The average molecular weight is 700 g/mol. The highest BCUT2D eigenvalue weighted by molar-refractivity contribution is 5.86. The third-order valence-corrected chi connectivity index (χ3v) is 12.0. The van der Waals surface area contributed by atoms with E-state index in [1.807, 2.05) is 45.1 Å². The van der Waals surface area contributed by atoms with Gasteiger partial charge in [0.2, 0.25) is 5.91 Å². The van der Waals surface area contributed by atoms with E-state index in [1.165, 1.54) is 0 Å². The maximum atomic E-state index is 14.0. The molecule has 1 unspecified atom stereocenters. The van der Waals surface area contributed by atoms with Crippen LogP contribution in [0, 0.1) is 29.6 Å². The van der Waals surface area contributed by atoms with E-state index in [9.17, 15) is 29.7 Å². The molecule has 4 rings (SSSR count). The van der Waals surface area contributed by atoms with Crippen molar-refractivity contribution in [1.29, 1.82) is 0 Å². The fourth-order valence-corrected chi connectivity index (χ4v) is 8.19. The molecule has 0 aromatic rings. The van der Waals surface area contributed by atoms with Gasteiger partial charge >= 0.3 is 5.97 Å². The van der Waals surface area contributed by atoms with Crippen molar-refractivity contribution in [2.24, 2.45) is 29.6 Å². The smallest absolute Gasteiger partial charge is 0.329 e. The van der Waals surface area contributed by atoms with Gasteiger partial charge in [0, 0.05) is 31.2 Å². The zero-order valence-corrected chi connectivity index (χ0v) is 31.3. The Bertz CT molecular complexity index is 1220. The van der Waals surface area contributed by atoms with Crippen molar-refractivity contribution >= 4 is 17.7 Å². The lowest BCUT2D eigenvalue weighted by Crippen LogP contribution is -2.54. The largest absolute Gasteiger partial charge is 0.460 e. The molecule has 3 aliphatic heterocycles. The molecule has 50 heavy (non-hydrogen) atoms. The number of rotatable bonds is 3. The van der Waals surface area contributed by atoms with Crippen molar-refractivity contribution in [3.8, 4) is 0 Å². The molecule has 4 aliphatic rings. The molecule has 0 aromatic carbocycles. The van der Waals surface area contributed by atoms with Crippen LogP contribution in [-0.2, 0) is 23.9 Å². The monoisotopic (exact) mass is 699 g/mol. The summed E-state index contributed by atoms with van der Waals surface area (Å²) in [4.78, 5) is 43.1. The van der Waals surface area contributed by atoms with Crippen molar-refractivity contribution in [2.45, 2.75) is 167 Å². The summed E-state index contributed by atoms with van der Waals surface area (Å²) < 4.78 is 12.5. The summed E-state index contributed by atoms with van der Waals surface area (Å²) in [7, 11) is 0. The number of aliphatic hydroxyl groups excluding tert-OH is 2. The van der Waals surface area contributed by atoms with Gasteiger partial charge < -0.3 is 29.7 Å². The number of hydrogen-bond acceptors (Lipinski definition) is 8. The lowest BCUT2D eigenvalue weighted by Gasteiger charge is -2.44. The Morgan fingerprint density at radius 2 is 1.66 bits per heavy atom. The highest BCUT2D eigenvalue weighted by Gasteiger charge is 2.46. The number of amides is 1. The van der Waals surface area contributed by atoms with Crippen LogP contribution in [0.5, 0.6) is 0 Å². The number of cyclic esters (lactones) is 1. The van der Waals surface area contributed by atoms with E-state index in [4.69, 9.17) is 9.47 Å². The number of carbonyl (C=O) groups excluding carboxylic acids is 3. The predicted octanol–water partition coefficient (Wildman–Crippen LogP) is 6.59. The van der Waals surface area contributed by atoms with Crippen LogP contribution in [0.4, 0.5) is 0 Å². The molecule has 3 N–H and O–H groups in total. The number of aliphatic hydroxyl groups is 3.